The molecule has 0 unspecified atom stereocenters. The minimum absolute atomic E-state index is 0.773. The molecule has 1 rings (SSSR count). The van der Waals surface area contributed by atoms with E-state index < -0.39 is 0 Å². The van der Waals surface area contributed by atoms with Gasteiger partial charge in [0.15, 0.2) is 5.82 Å². The summed E-state index contributed by atoms with van der Waals surface area (Å²) in [4.78, 5) is 0.998. The standard InChI is InChI=1S/C4H5IN4S/c1-6-4-3(10-5)2-7-9-8-4/h2H,1H3,(H,6,7,8). The van der Waals surface area contributed by atoms with Gasteiger partial charge in [-0.2, -0.15) is 0 Å². The van der Waals surface area contributed by atoms with Crippen LogP contribution >= 0.6 is 30.1 Å². The Hall–Kier alpha value is -0.110. The molecule has 6 heteroatoms. The maximum atomic E-state index is 3.77. The van der Waals surface area contributed by atoms with E-state index in [0.29, 0.717) is 0 Å². The monoisotopic (exact) mass is 268 g/mol. The van der Waals surface area contributed by atoms with E-state index in [1.54, 1.807) is 22.2 Å². The van der Waals surface area contributed by atoms with Crippen LogP contribution in [0.4, 0.5) is 5.82 Å². The summed E-state index contributed by atoms with van der Waals surface area (Å²) in [7, 11) is 3.37. The number of hydrogen-bond donors (Lipinski definition) is 1. The van der Waals surface area contributed by atoms with Gasteiger partial charge in [0.2, 0.25) is 0 Å². The number of anilines is 1. The van der Waals surface area contributed by atoms with Gasteiger partial charge in [-0.05, 0) is 14.1 Å². The molecular formula is C4H5IN4S. The minimum Gasteiger partial charge on any atom is -0.371 e. The third-order valence-electron chi connectivity index (χ3n) is 0.925. The lowest BCUT2D eigenvalue weighted by molar-refractivity contribution is 0.844. The summed E-state index contributed by atoms with van der Waals surface area (Å²) in [6.45, 7) is 0. The summed E-state index contributed by atoms with van der Waals surface area (Å²) in [5.41, 5.74) is 0. The van der Waals surface area contributed by atoms with Crippen LogP contribution in [0.25, 0.3) is 0 Å². The molecule has 1 aromatic rings. The lowest BCUT2D eigenvalue weighted by Gasteiger charge is -1.99. The first-order valence-corrected chi connectivity index (χ1v) is 5.89. The van der Waals surface area contributed by atoms with Gasteiger partial charge >= 0.3 is 0 Å². The van der Waals surface area contributed by atoms with E-state index in [0.717, 1.165) is 10.7 Å². The number of nitrogens with one attached hydrogen (secondary N) is 1. The number of aromatic nitrogens is 3. The number of nitrogens with zero attached hydrogens (tertiary/aromatic N) is 3. The molecule has 0 aromatic carbocycles. The van der Waals surface area contributed by atoms with Gasteiger partial charge in [-0.25, -0.2) is 0 Å². The highest BCUT2D eigenvalue weighted by atomic mass is 127. The maximum Gasteiger partial charge on any atom is 0.166 e. The summed E-state index contributed by atoms with van der Waals surface area (Å²) in [5, 5.41) is 13.8. The second kappa shape index (κ2) is 3.91. The molecule has 0 spiro atoms. The Balaban J connectivity index is 2.96. The zero-order valence-electron chi connectivity index (χ0n) is 5.21. The van der Waals surface area contributed by atoms with Crippen LogP contribution < -0.4 is 5.32 Å². The van der Waals surface area contributed by atoms with E-state index in [4.69, 9.17) is 0 Å². The molecule has 0 fully saturated rings. The Morgan fingerprint density at radius 2 is 2.50 bits per heavy atom. The topological polar surface area (TPSA) is 50.7 Å². The van der Waals surface area contributed by atoms with Gasteiger partial charge in [0.1, 0.15) is 0 Å². The molecule has 0 aliphatic rings. The first-order chi connectivity index (χ1) is 4.88. The van der Waals surface area contributed by atoms with E-state index in [1.807, 2.05) is 0 Å². The van der Waals surface area contributed by atoms with E-state index in [9.17, 15) is 0 Å². The van der Waals surface area contributed by atoms with Crippen molar-refractivity contribution < 1.29 is 0 Å². The molecule has 4 nitrogen and oxygen atoms in total. The van der Waals surface area contributed by atoms with Crippen LogP contribution in [0, 0.1) is 0 Å². The summed E-state index contributed by atoms with van der Waals surface area (Å²) in [6.07, 6.45) is 1.68. The van der Waals surface area contributed by atoms with Gasteiger partial charge in [-0.1, -0.05) is 0 Å². The molecule has 0 saturated heterocycles. The van der Waals surface area contributed by atoms with Crippen LogP contribution in [-0.4, -0.2) is 22.5 Å². The number of halogens is 1. The fraction of sp³-hybridized carbons (Fsp3) is 0.250. The smallest absolute Gasteiger partial charge is 0.166 e. The molecular weight excluding hydrogens is 263 g/mol. The third-order valence-corrected chi connectivity index (χ3v) is 2.81. The Morgan fingerprint density at radius 1 is 1.70 bits per heavy atom. The Morgan fingerprint density at radius 3 is 3.00 bits per heavy atom. The second-order valence-electron chi connectivity index (χ2n) is 1.47. The van der Waals surface area contributed by atoms with Crippen molar-refractivity contribution in [2.45, 2.75) is 4.90 Å². The van der Waals surface area contributed by atoms with Crippen LogP contribution in [0.2, 0.25) is 0 Å². The van der Waals surface area contributed by atoms with E-state index >= 15 is 0 Å². The molecule has 0 bridgehead atoms. The lowest BCUT2D eigenvalue weighted by Crippen LogP contribution is -1.97. The predicted octanol–water partition coefficient (Wildman–Crippen LogP) is 1.36. The summed E-state index contributed by atoms with van der Waals surface area (Å²) >= 11 is 2.17. The van der Waals surface area contributed by atoms with Crippen molar-refractivity contribution in [2.24, 2.45) is 0 Å². The zero-order chi connectivity index (χ0) is 7.40. The van der Waals surface area contributed by atoms with E-state index in [1.165, 1.54) is 0 Å². The van der Waals surface area contributed by atoms with Gasteiger partial charge in [0.05, 0.1) is 11.1 Å². The molecule has 0 saturated carbocycles. The molecule has 54 valence electrons. The Kier molecular flexibility index (Phi) is 3.13. The third kappa shape index (κ3) is 1.69. The highest BCUT2D eigenvalue weighted by Crippen LogP contribution is 2.28. The quantitative estimate of drug-likeness (QED) is 0.820. The van der Waals surface area contributed by atoms with Crippen molar-refractivity contribution in [2.75, 3.05) is 12.4 Å². The van der Waals surface area contributed by atoms with Crippen molar-refractivity contribution in [3.05, 3.63) is 6.20 Å². The van der Waals surface area contributed by atoms with Gasteiger partial charge < -0.3 is 5.32 Å². The fourth-order valence-corrected chi connectivity index (χ4v) is 1.76. The van der Waals surface area contributed by atoms with Gasteiger partial charge in [0, 0.05) is 28.3 Å². The van der Waals surface area contributed by atoms with Crippen LogP contribution in [0.3, 0.4) is 0 Å². The summed E-state index contributed by atoms with van der Waals surface area (Å²) < 4.78 is 0. The van der Waals surface area contributed by atoms with Crippen molar-refractivity contribution in [3.63, 3.8) is 0 Å². The molecule has 0 radical (unpaired) electrons. The summed E-state index contributed by atoms with van der Waals surface area (Å²) in [5.74, 6) is 0.773. The maximum absolute atomic E-state index is 3.77. The fourth-order valence-electron chi connectivity index (χ4n) is 0.489. The first-order valence-electron chi connectivity index (χ1n) is 2.53. The van der Waals surface area contributed by atoms with Crippen LogP contribution in [0.5, 0.6) is 0 Å². The van der Waals surface area contributed by atoms with E-state index in [-0.39, 0.29) is 0 Å². The van der Waals surface area contributed by atoms with Crippen molar-refractivity contribution in [1.29, 1.82) is 0 Å². The molecule has 1 aromatic heterocycles. The van der Waals surface area contributed by atoms with Crippen molar-refractivity contribution in [3.8, 4) is 0 Å². The normalized spacial score (nSPS) is 9.40. The minimum atomic E-state index is 0.773. The largest absolute Gasteiger partial charge is 0.371 e. The number of hydrogen-bond acceptors (Lipinski definition) is 5. The SMILES string of the molecule is CNc1nnncc1SI. The predicted molar refractivity (Wildman–Crippen MR) is 49.3 cm³/mol. The van der Waals surface area contributed by atoms with Gasteiger partial charge in [-0.3, -0.25) is 0 Å². The molecule has 0 aliphatic carbocycles. The van der Waals surface area contributed by atoms with Crippen molar-refractivity contribution in [1.82, 2.24) is 15.4 Å². The number of rotatable bonds is 2. The van der Waals surface area contributed by atoms with Crippen molar-refractivity contribution >= 4 is 36.0 Å². The second-order valence-corrected chi connectivity index (χ2v) is 3.39. The highest BCUT2D eigenvalue weighted by Gasteiger charge is 1.99. The molecule has 1 N–H and O–H groups in total. The average molecular weight is 268 g/mol. The molecule has 10 heavy (non-hydrogen) atoms. The van der Waals surface area contributed by atoms with E-state index in [2.05, 4.69) is 41.9 Å². The lowest BCUT2D eigenvalue weighted by atomic mass is 10.6. The molecule has 0 amide bonds. The van der Waals surface area contributed by atoms with Crippen LogP contribution in [0.15, 0.2) is 11.1 Å². The zero-order valence-corrected chi connectivity index (χ0v) is 8.18. The van der Waals surface area contributed by atoms with Crippen LogP contribution in [-0.2, 0) is 0 Å². The molecule has 1 heterocycles. The average Bonchev–Trinajstić information content (AvgIpc) is 2.04. The highest BCUT2D eigenvalue weighted by molar-refractivity contribution is 14.2. The van der Waals surface area contributed by atoms with Gasteiger partial charge in [0.25, 0.3) is 0 Å². The van der Waals surface area contributed by atoms with Crippen LogP contribution in [0.1, 0.15) is 0 Å². The summed E-state index contributed by atoms with van der Waals surface area (Å²) in [6, 6.07) is 0. The molecule has 0 aliphatic heterocycles. The van der Waals surface area contributed by atoms with Gasteiger partial charge in [-0.15, -0.1) is 10.2 Å². The first kappa shape index (κ1) is 7.99. The Bertz CT molecular complexity index is 195. The molecule has 0 atom stereocenters. The Labute approximate surface area is 74.8 Å².